The van der Waals surface area contributed by atoms with Crippen molar-refractivity contribution in [1.29, 1.82) is 0 Å². The summed E-state index contributed by atoms with van der Waals surface area (Å²) in [5.41, 5.74) is 2.73. The van der Waals surface area contributed by atoms with Gasteiger partial charge >= 0.3 is 6.18 Å². The maximum Gasteiger partial charge on any atom is 0.392 e. The van der Waals surface area contributed by atoms with Crippen LogP contribution in [0, 0.1) is 11.8 Å². The summed E-state index contributed by atoms with van der Waals surface area (Å²) in [5.74, 6) is -0.791. The number of para-hydroxylation sites is 1. The van der Waals surface area contributed by atoms with Crippen LogP contribution in [0.3, 0.4) is 0 Å². The predicted octanol–water partition coefficient (Wildman–Crippen LogP) is 7.19. The smallest absolute Gasteiger partial charge is 0.392 e. The lowest BCUT2D eigenvalue weighted by atomic mass is 9.85. The molecule has 0 bridgehead atoms. The van der Waals surface area contributed by atoms with Crippen molar-refractivity contribution in [3.8, 4) is 0 Å². The van der Waals surface area contributed by atoms with Gasteiger partial charge in [-0.3, -0.25) is 9.78 Å². The zero-order chi connectivity index (χ0) is 24.9. The number of benzene rings is 1. The van der Waals surface area contributed by atoms with Crippen molar-refractivity contribution < 1.29 is 22.7 Å². The number of nitrogens with zero attached hydrogens (tertiary/aromatic N) is 1. The Morgan fingerprint density at radius 1 is 1.35 bits per heavy atom. The molecule has 3 atom stereocenters. The number of carbonyl (C=O) groups excluding carboxylic acids is 1. The predicted molar refractivity (Wildman–Crippen MR) is 129 cm³/mol. The van der Waals surface area contributed by atoms with Gasteiger partial charge in [0.2, 0.25) is 0 Å². The molecule has 0 saturated heterocycles. The van der Waals surface area contributed by atoms with Crippen LogP contribution >= 0.6 is 0 Å². The Morgan fingerprint density at radius 2 is 2.12 bits per heavy atom. The van der Waals surface area contributed by atoms with Crippen LogP contribution in [-0.2, 0) is 4.74 Å². The van der Waals surface area contributed by atoms with E-state index in [-0.39, 0.29) is 18.7 Å². The molecule has 0 radical (unpaired) electrons. The summed E-state index contributed by atoms with van der Waals surface area (Å²) in [6.45, 7) is 9.83. The van der Waals surface area contributed by atoms with Crippen molar-refractivity contribution >= 4 is 22.4 Å². The number of hydrogen-bond acceptors (Lipinski definition) is 3. The van der Waals surface area contributed by atoms with E-state index in [4.69, 9.17) is 4.74 Å². The molecular formula is C27H31F3N2O2. The number of fused-ring (bicyclic) bond motifs is 1. The van der Waals surface area contributed by atoms with Gasteiger partial charge in [-0.2, -0.15) is 13.2 Å². The summed E-state index contributed by atoms with van der Waals surface area (Å²) in [5, 5.41) is 3.61. The van der Waals surface area contributed by atoms with E-state index < -0.39 is 18.1 Å². The lowest BCUT2D eigenvalue weighted by Gasteiger charge is -2.24. The van der Waals surface area contributed by atoms with Gasteiger partial charge in [0.25, 0.3) is 5.91 Å². The Morgan fingerprint density at radius 3 is 2.76 bits per heavy atom. The molecule has 1 aromatic heterocycles. The minimum absolute atomic E-state index is 0.0217. The average Bonchev–Trinajstić information content (AvgIpc) is 2.82. The fraction of sp³-hybridized carbons (Fsp3) is 0.407. The van der Waals surface area contributed by atoms with E-state index >= 15 is 0 Å². The molecule has 7 heteroatoms. The SMILES string of the molecule is C=C(O/C=C\C(C)CC)C(C)NC(=O)c1cnc2c(C3=CCC(C(F)(F)F)CC3)cccc2c1. The van der Waals surface area contributed by atoms with E-state index in [0.29, 0.717) is 29.2 Å². The molecule has 3 unspecified atom stereocenters. The highest BCUT2D eigenvalue weighted by molar-refractivity contribution is 5.99. The third-order valence-electron chi connectivity index (χ3n) is 6.29. The van der Waals surface area contributed by atoms with Crippen molar-refractivity contribution in [3.63, 3.8) is 0 Å². The molecule has 3 rings (SSSR count). The van der Waals surface area contributed by atoms with E-state index in [2.05, 4.69) is 30.7 Å². The molecule has 0 saturated carbocycles. The van der Waals surface area contributed by atoms with Crippen LogP contribution in [0.25, 0.3) is 16.5 Å². The zero-order valence-corrected chi connectivity index (χ0v) is 19.8. The first-order valence-electron chi connectivity index (χ1n) is 11.6. The lowest BCUT2D eigenvalue weighted by Crippen LogP contribution is -2.34. The lowest BCUT2D eigenvalue weighted by molar-refractivity contribution is -0.175. The molecule has 182 valence electrons. The third-order valence-corrected chi connectivity index (χ3v) is 6.29. The second-order valence-corrected chi connectivity index (χ2v) is 8.84. The van der Waals surface area contributed by atoms with Crippen LogP contribution < -0.4 is 5.32 Å². The van der Waals surface area contributed by atoms with E-state index in [1.165, 1.54) is 6.20 Å². The van der Waals surface area contributed by atoms with Gasteiger partial charge in [0, 0.05) is 17.1 Å². The van der Waals surface area contributed by atoms with Gasteiger partial charge in [0.05, 0.1) is 29.3 Å². The van der Waals surface area contributed by atoms with Crippen molar-refractivity contribution in [1.82, 2.24) is 10.3 Å². The molecule has 1 aliphatic rings. The molecule has 1 heterocycles. The molecule has 1 amide bonds. The minimum Gasteiger partial charge on any atom is -0.468 e. The van der Waals surface area contributed by atoms with E-state index in [1.54, 1.807) is 25.3 Å². The van der Waals surface area contributed by atoms with Gasteiger partial charge in [-0.25, -0.2) is 0 Å². The molecule has 2 aromatic rings. The monoisotopic (exact) mass is 472 g/mol. The number of halogens is 3. The number of aromatic nitrogens is 1. The summed E-state index contributed by atoms with van der Waals surface area (Å²) in [6, 6.07) is 6.87. The zero-order valence-electron chi connectivity index (χ0n) is 19.8. The molecule has 1 N–H and O–H groups in total. The van der Waals surface area contributed by atoms with E-state index in [9.17, 15) is 18.0 Å². The Hall–Kier alpha value is -3.09. The molecule has 0 aliphatic heterocycles. The number of carbonyl (C=O) groups is 1. The molecular weight excluding hydrogens is 441 g/mol. The molecule has 34 heavy (non-hydrogen) atoms. The fourth-order valence-electron chi connectivity index (χ4n) is 3.78. The fourth-order valence-corrected chi connectivity index (χ4v) is 3.78. The summed E-state index contributed by atoms with van der Waals surface area (Å²) in [7, 11) is 0. The molecule has 1 aromatic carbocycles. The van der Waals surface area contributed by atoms with E-state index in [1.807, 2.05) is 24.3 Å². The number of rotatable bonds is 8. The summed E-state index contributed by atoms with van der Waals surface area (Å²) >= 11 is 0. The summed E-state index contributed by atoms with van der Waals surface area (Å²) in [4.78, 5) is 17.3. The highest BCUT2D eigenvalue weighted by Crippen LogP contribution is 2.40. The number of hydrogen-bond donors (Lipinski definition) is 1. The first kappa shape index (κ1) is 25.5. The number of amides is 1. The normalized spacial score (nSPS) is 18.4. The number of allylic oxidation sites excluding steroid dienone is 3. The molecule has 0 spiro atoms. The van der Waals surface area contributed by atoms with Gasteiger partial charge < -0.3 is 10.1 Å². The topological polar surface area (TPSA) is 51.2 Å². The summed E-state index contributed by atoms with van der Waals surface area (Å²) < 4.78 is 44.5. The Kier molecular flexibility index (Phi) is 8.18. The van der Waals surface area contributed by atoms with Crippen molar-refractivity contribution in [2.75, 3.05) is 0 Å². The third kappa shape index (κ3) is 6.27. The minimum atomic E-state index is -4.17. The Labute approximate surface area is 198 Å². The van der Waals surface area contributed by atoms with Crippen molar-refractivity contribution in [2.24, 2.45) is 11.8 Å². The Balaban J connectivity index is 1.71. The Bertz CT molecular complexity index is 1100. The average molecular weight is 473 g/mol. The maximum absolute atomic E-state index is 13.0. The van der Waals surface area contributed by atoms with E-state index in [0.717, 1.165) is 22.9 Å². The molecule has 4 nitrogen and oxygen atoms in total. The first-order valence-corrected chi connectivity index (χ1v) is 11.6. The summed E-state index contributed by atoms with van der Waals surface area (Å²) in [6.07, 6.45) is 3.92. The highest BCUT2D eigenvalue weighted by Gasteiger charge is 2.39. The molecule has 1 aliphatic carbocycles. The van der Waals surface area contributed by atoms with Crippen LogP contribution in [0.15, 0.2) is 61.2 Å². The van der Waals surface area contributed by atoms with Crippen LogP contribution in [0.5, 0.6) is 0 Å². The van der Waals surface area contributed by atoms with Gasteiger partial charge in [-0.15, -0.1) is 0 Å². The number of pyridine rings is 1. The van der Waals surface area contributed by atoms with Crippen LogP contribution in [0.2, 0.25) is 0 Å². The van der Waals surface area contributed by atoms with Crippen LogP contribution in [0.1, 0.15) is 62.4 Å². The first-order chi connectivity index (χ1) is 16.1. The second-order valence-electron chi connectivity index (χ2n) is 8.84. The van der Waals surface area contributed by atoms with Crippen molar-refractivity contribution in [2.45, 2.75) is 58.7 Å². The van der Waals surface area contributed by atoms with Gasteiger partial charge in [-0.05, 0) is 56.2 Å². The van der Waals surface area contributed by atoms with Gasteiger partial charge in [-0.1, -0.05) is 44.7 Å². The van der Waals surface area contributed by atoms with Gasteiger partial charge in [0.1, 0.15) is 5.76 Å². The highest BCUT2D eigenvalue weighted by atomic mass is 19.4. The van der Waals surface area contributed by atoms with Crippen LogP contribution in [-0.4, -0.2) is 23.1 Å². The van der Waals surface area contributed by atoms with Crippen molar-refractivity contribution in [3.05, 3.63) is 72.3 Å². The second kappa shape index (κ2) is 10.9. The quantitative estimate of drug-likeness (QED) is 0.414. The van der Waals surface area contributed by atoms with Gasteiger partial charge in [0.15, 0.2) is 0 Å². The number of ether oxygens (including phenoxy) is 1. The molecule has 0 fully saturated rings. The largest absolute Gasteiger partial charge is 0.468 e. The maximum atomic E-state index is 13.0. The van der Waals surface area contributed by atoms with Crippen LogP contribution in [0.4, 0.5) is 13.2 Å². The number of alkyl halides is 3. The standard InChI is InChI=1S/C27H31F3N2O2/c1-5-17(2)13-14-34-19(4)18(3)32-26(33)22-15-21-7-6-8-24(25(21)31-16-22)20-9-11-23(12-10-20)27(28,29)30/h6-9,13-18,23H,4-5,10-12H2,1-3H3,(H,32,33)/b14-13-. The number of nitrogens with one attached hydrogen (secondary N) is 1.